The second-order valence-electron chi connectivity index (χ2n) is 6.61. The van der Waals surface area contributed by atoms with Gasteiger partial charge in [0.25, 0.3) is 0 Å². The number of hydrogen-bond acceptors (Lipinski definition) is 2. The quantitative estimate of drug-likeness (QED) is 0.878. The molecule has 1 aromatic carbocycles. The fraction of sp³-hybridized carbons (Fsp3) is 0.562. The van der Waals surface area contributed by atoms with Gasteiger partial charge in [-0.15, -0.1) is 0 Å². The van der Waals surface area contributed by atoms with E-state index in [-0.39, 0.29) is 5.41 Å². The van der Waals surface area contributed by atoms with Crippen molar-refractivity contribution in [1.82, 2.24) is 5.32 Å². The van der Waals surface area contributed by atoms with E-state index in [1.165, 1.54) is 5.56 Å². The summed E-state index contributed by atoms with van der Waals surface area (Å²) in [6.45, 7) is 10.4. The van der Waals surface area contributed by atoms with Crippen LogP contribution >= 0.6 is 0 Å². The second kappa shape index (κ2) is 5.33. The molecule has 0 aliphatic rings. The topological polar surface area (TPSA) is 49.3 Å². The van der Waals surface area contributed by atoms with Crippen molar-refractivity contribution in [3.63, 3.8) is 0 Å². The molecule has 0 fully saturated rings. The molecule has 1 atom stereocenters. The molecule has 0 aliphatic carbocycles. The van der Waals surface area contributed by atoms with Crippen molar-refractivity contribution in [2.45, 2.75) is 51.5 Å². The SMILES string of the molecule is CNC(C(=O)O)C(C)(C)c1ccc(C(C)(C)C)cc1. The van der Waals surface area contributed by atoms with E-state index in [0.29, 0.717) is 0 Å². The molecule has 0 saturated heterocycles. The van der Waals surface area contributed by atoms with Gasteiger partial charge in [0.2, 0.25) is 0 Å². The average Bonchev–Trinajstić information content (AvgIpc) is 2.28. The fourth-order valence-corrected chi connectivity index (χ4v) is 2.36. The van der Waals surface area contributed by atoms with E-state index in [9.17, 15) is 9.90 Å². The summed E-state index contributed by atoms with van der Waals surface area (Å²) in [5.41, 5.74) is 1.93. The van der Waals surface area contributed by atoms with E-state index in [1.807, 2.05) is 26.0 Å². The summed E-state index contributed by atoms with van der Waals surface area (Å²) in [6, 6.07) is 7.65. The van der Waals surface area contributed by atoms with Crippen LogP contribution in [0.15, 0.2) is 24.3 Å². The molecule has 0 radical (unpaired) electrons. The molecule has 1 unspecified atom stereocenters. The molecule has 0 saturated carbocycles. The monoisotopic (exact) mass is 263 g/mol. The zero-order valence-corrected chi connectivity index (χ0v) is 12.7. The van der Waals surface area contributed by atoms with Gasteiger partial charge in [-0.25, -0.2) is 0 Å². The molecule has 0 aromatic heterocycles. The first-order valence-electron chi connectivity index (χ1n) is 6.62. The highest BCUT2D eigenvalue weighted by Crippen LogP contribution is 2.30. The Labute approximate surface area is 116 Å². The highest BCUT2D eigenvalue weighted by Gasteiger charge is 2.35. The van der Waals surface area contributed by atoms with Gasteiger partial charge in [-0.2, -0.15) is 0 Å². The maximum Gasteiger partial charge on any atom is 0.321 e. The predicted octanol–water partition coefficient (Wildman–Crippen LogP) is 2.93. The molecule has 0 bridgehead atoms. The summed E-state index contributed by atoms with van der Waals surface area (Å²) in [5.74, 6) is -0.826. The first-order chi connectivity index (χ1) is 8.60. The Morgan fingerprint density at radius 2 is 1.47 bits per heavy atom. The van der Waals surface area contributed by atoms with Gasteiger partial charge in [0, 0.05) is 5.41 Å². The first-order valence-corrected chi connectivity index (χ1v) is 6.62. The van der Waals surface area contributed by atoms with Crippen LogP contribution in [0.1, 0.15) is 45.7 Å². The fourth-order valence-electron chi connectivity index (χ4n) is 2.36. The van der Waals surface area contributed by atoms with Crippen molar-refractivity contribution in [2.75, 3.05) is 7.05 Å². The first kappa shape index (κ1) is 15.7. The van der Waals surface area contributed by atoms with Crippen LogP contribution in [0.25, 0.3) is 0 Å². The number of hydrogen-bond donors (Lipinski definition) is 2. The maximum absolute atomic E-state index is 11.3. The van der Waals surface area contributed by atoms with Crippen LogP contribution < -0.4 is 5.32 Å². The minimum atomic E-state index is -0.826. The molecule has 1 rings (SSSR count). The molecule has 1 aromatic rings. The second-order valence-corrected chi connectivity index (χ2v) is 6.61. The van der Waals surface area contributed by atoms with Crippen molar-refractivity contribution in [1.29, 1.82) is 0 Å². The Balaban J connectivity index is 3.12. The Morgan fingerprint density at radius 1 is 1.05 bits per heavy atom. The Kier molecular flexibility index (Phi) is 4.41. The van der Waals surface area contributed by atoms with Gasteiger partial charge in [-0.3, -0.25) is 4.79 Å². The highest BCUT2D eigenvalue weighted by molar-refractivity contribution is 5.76. The number of likely N-dealkylation sites (N-methyl/N-ethyl adjacent to an activating group) is 1. The van der Waals surface area contributed by atoms with Crippen LogP contribution in [0.4, 0.5) is 0 Å². The molecule has 106 valence electrons. The number of carbonyl (C=O) groups is 1. The summed E-state index contributed by atoms with van der Waals surface area (Å²) < 4.78 is 0. The third-order valence-electron chi connectivity index (χ3n) is 3.75. The summed E-state index contributed by atoms with van der Waals surface area (Å²) in [5, 5.41) is 12.2. The van der Waals surface area contributed by atoms with Gasteiger partial charge in [-0.05, 0) is 23.6 Å². The standard InChI is InChI=1S/C16H25NO2/c1-15(2,3)11-7-9-12(10-8-11)16(4,5)13(17-6)14(18)19/h7-10,13,17H,1-6H3,(H,18,19). The lowest BCUT2D eigenvalue weighted by Gasteiger charge is -2.32. The van der Waals surface area contributed by atoms with Gasteiger partial charge in [-0.1, -0.05) is 58.9 Å². The molecule has 19 heavy (non-hydrogen) atoms. The van der Waals surface area contributed by atoms with Gasteiger partial charge < -0.3 is 10.4 Å². The van der Waals surface area contributed by atoms with Crippen LogP contribution in [0.5, 0.6) is 0 Å². The van der Waals surface area contributed by atoms with Crippen LogP contribution in [0.2, 0.25) is 0 Å². The number of carboxylic acid groups (broad SMARTS) is 1. The van der Waals surface area contributed by atoms with E-state index < -0.39 is 17.4 Å². The van der Waals surface area contributed by atoms with E-state index in [1.54, 1.807) is 7.05 Å². The molecule has 0 spiro atoms. The maximum atomic E-state index is 11.3. The van der Waals surface area contributed by atoms with E-state index in [4.69, 9.17) is 0 Å². The average molecular weight is 263 g/mol. The van der Waals surface area contributed by atoms with Gasteiger partial charge in [0.1, 0.15) is 6.04 Å². The van der Waals surface area contributed by atoms with Gasteiger partial charge in [0.15, 0.2) is 0 Å². The van der Waals surface area contributed by atoms with Crippen molar-refractivity contribution < 1.29 is 9.90 Å². The summed E-state index contributed by atoms with van der Waals surface area (Å²) in [7, 11) is 1.68. The number of benzene rings is 1. The largest absolute Gasteiger partial charge is 0.480 e. The van der Waals surface area contributed by atoms with E-state index in [2.05, 4.69) is 38.2 Å². The normalized spacial score (nSPS) is 14.2. The molecular weight excluding hydrogens is 238 g/mol. The third kappa shape index (κ3) is 3.35. The number of nitrogens with one attached hydrogen (secondary N) is 1. The zero-order valence-electron chi connectivity index (χ0n) is 12.7. The lowest BCUT2D eigenvalue weighted by atomic mass is 9.76. The smallest absolute Gasteiger partial charge is 0.321 e. The molecule has 3 nitrogen and oxygen atoms in total. The molecule has 3 heteroatoms. The summed E-state index contributed by atoms with van der Waals surface area (Å²) >= 11 is 0. The third-order valence-corrected chi connectivity index (χ3v) is 3.75. The van der Waals surface area contributed by atoms with Gasteiger partial charge >= 0.3 is 5.97 Å². The van der Waals surface area contributed by atoms with Crippen molar-refractivity contribution in [3.05, 3.63) is 35.4 Å². The van der Waals surface area contributed by atoms with Gasteiger partial charge in [0.05, 0.1) is 0 Å². The lowest BCUT2D eigenvalue weighted by Crippen LogP contribution is -2.48. The van der Waals surface area contributed by atoms with Crippen molar-refractivity contribution in [2.24, 2.45) is 0 Å². The Hall–Kier alpha value is -1.35. The lowest BCUT2D eigenvalue weighted by molar-refractivity contribution is -0.141. The predicted molar refractivity (Wildman–Crippen MR) is 78.7 cm³/mol. The van der Waals surface area contributed by atoms with Crippen LogP contribution in [0, 0.1) is 0 Å². The number of rotatable bonds is 4. The minimum Gasteiger partial charge on any atom is -0.480 e. The number of aliphatic carboxylic acids is 1. The van der Waals surface area contributed by atoms with Crippen LogP contribution in [0.3, 0.4) is 0 Å². The minimum absolute atomic E-state index is 0.109. The van der Waals surface area contributed by atoms with E-state index >= 15 is 0 Å². The highest BCUT2D eigenvalue weighted by atomic mass is 16.4. The summed E-state index contributed by atoms with van der Waals surface area (Å²) in [4.78, 5) is 11.3. The van der Waals surface area contributed by atoms with E-state index in [0.717, 1.165) is 5.56 Å². The van der Waals surface area contributed by atoms with Crippen LogP contribution in [-0.4, -0.2) is 24.2 Å². The molecular formula is C16H25NO2. The molecule has 0 amide bonds. The molecule has 0 heterocycles. The summed E-state index contributed by atoms with van der Waals surface area (Å²) in [6.07, 6.45) is 0. The molecule has 2 N–H and O–H groups in total. The van der Waals surface area contributed by atoms with Crippen LogP contribution in [-0.2, 0) is 15.6 Å². The zero-order chi connectivity index (χ0) is 14.8. The van der Waals surface area contributed by atoms with Crippen molar-refractivity contribution in [3.8, 4) is 0 Å². The van der Waals surface area contributed by atoms with Crippen molar-refractivity contribution >= 4 is 5.97 Å². The number of carboxylic acids is 1. The molecule has 0 aliphatic heterocycles. The Bertz CT molecular complexity index is 441. The Morgan fingerprint density at radius 3 is 1.79 bits per heavy atom.